The fraction of sp³-hybridized carbons (Fsp3) is 0.800. The van der Waals surface area contributed by atoms with E-state index in [1.54, 1.807) is 0 Å². The van der Waals surface area contributed by atoms with Gasteiger partial charge < -0.3 is 9.30 Å². The summed E-state index contributed by atoms with van der Waals surface area (Å²) in [6.07, 6.45) is 0.788. The lowest BCUT2D eigenvalue weighted by Crippen LogP contribution is -2.11. The second kappa shape index (κ2) is 6.08. The smallest absolute Gasteiger partial charge is 0.148 e. The first-order chi connectivity index (χ1) is 7.20. The second-order valence-electron chi connectivity index (χ2n) is 3.58. The Labute approximate surface area is 95.6 Å². The molecule has 0 fully saturated rings. The fourth-order valence-corrected chi connectivity index (χ4v) is 1.71. The van der Waals surface area contributed by atoms with Crippen molar-refractivity contribution in [3.05, 3.63) is 11.6 Å². The Morgan fingerprint density at radius 1 is 1.33 bits per heavy atom. The third-order valence-corrected chi connectivity index (χ3v) is 2.39. The van der Waals surface area contributed by atoms with Crippen LogP contribution in [-0.4, -0.2) is 28.0 Å². The summed E-state index contributed by atoms with van der Waals surface area (Å²) >= 11 is 5.80. The van der Waals surface area contributed by atoms with Gasteiger partial charge in [0.2, 0.25) is 0 Å². The van der Waals surface area contributed by atoms with Gasteiger partial charge in [-0.15, -0.1) is 21.8 Å². The van der Waals surface area contributed by atoms with E-state index < -0.39 is 0 Å². The van der Waals surface area contributed by atoms with Crippen LogP contribution < -0.4 is 0 Å². The standard InChI is InChI=1S/C10H18ClN3O/c1-4-15-6-5-9-12-13-10(7-11)14(9)8(2)3/h8H,4-7H2,1-3H3. The van der Waals surface area contributed by atoms with Crippen LogP contribution in [0.15, 0.2) is 0 Å². The van der Waals surface area contributed by atoms with Crippen molar-refractivity contribution in [3.8, 4) is 0 Å². The maximum atomic E-state index is 5.80. The van der Waals surface area contributed by atoms with Crippen LogP contribution in [0.1, 0.15) is 38.5 Å². The summed E-state index contributed by atoms with van der Waals surface area (Å²) in [5.74, 6) is 2.19. The third-order valence-electron chi connectivity index (χ3n) is 2.15. The molecule has 0 aliphatic rings. The maximum Gasteiger partial charge on any atom is 0.148 e. The highest BCUT2D eigenvalue weighted by molar-refractivity contribution is 6.16. The van der Waals surface area contributed by atoms with Crippen LogP contribution in [0, 0.1) is 0 Å². The fourth-order valence-electron chi connectivity index (χ4n) is 1.53. The SMILES string of the molecule is CCOCCc1nnc(CCl)n1C(C)C. The van der Waals surface area contributed by atoms with Crippen LogP contribution in [0.25, 0.3) is 0 Å². The zero-order valence-corrected chi connectivity index (χ0v) is 10.3. The normalized spacial score (nSPS) is 11.3. The van der Waals surface area contributed by atoms with Crippen LogP contribution >= 0.6 is 11.6 Å². The number of alkyl halides is 1. The summed E-state index contributed by atoms with van der Waals surface area (Å²) in [5.41, 5.74) is 0. The molecular weight excluding hydrogens is 214 g/mol. The number of hydrogen-bond acceptors (Lipinski definition) is 3. The lowest BCUT2D eigenvalue weighted by molar-refractivity contribution is 0.148. The number of nitrogens with zero attached hydrogens (tertiary/aromatic N) is 3. The molecule has 0 radical (unpaired) electrons. The molecule has 1 aromatic heterocycles. The molecule has 0 aliphatic carbocycles. The van der Waals surface area contributed by atoms with Gasteiger partial charge in [0.25, 0.3) is 0 Å². The van der Waals surface area contributed by atoms with Gasteiger partial charge in [0.1, 0.15) is 11.6 Å². The molecule has 0 aliphatic heterocycles. The molecule has 0 spiro atoms. The van der Waals surface area contributed by atoms with Gasteiger partial charge in [0.15, 0.2) is 0 Å². The van der Waals surface area contributed by atoms with Crippen LogP contribution in [0.5, 0.6) is 0 Å². The zero-order valence-electron chi connectivity index (χ0n) is 9.53. The molecule has 0 bridgehead atoms. The Balaban J connectivity index is 2.73. The van der Waals surface area contributed by atoms with Crippen molar-refractivity contribution in [1.82, 2.24) is 14.8 Å². The number of aromatic nitrogens is 3. The Morgan fingerprint density at radius 2 is 2.00 bits per heavy atom. The first-order valence-corrected chi connectivity index (χ1v) is 5.80. The van der Waals surface area contributed by atoms with Crippen molar-refractivity contribution in [2.45, 2.75) is 39.1 Å². The molecule has 0 saturated heterocycles. The quantitative estimate of drug-likeness (QED) is 0.557. The van der Waals surface area contributed by atoms with Gasteiger partial charge in [-0.25, -0.2) is 0 Å². The van der Waals surface area contributed by atoms with Crippen LogP contribution in [0.3, 0.4) is 0 Å². The summed E-state index contributed by atoms with van der Waals surface area (Å²) in [7, 11) is 0. The minimum absolute atomic E-state index is 0.338. The highest BCUT2D eigenvalue weighted by atomic mass is 35.5. The van der Waals surface area contributed by atoms with Crippen LogP contribution in [0.4, 0.5) is 0 Å². The van der Waals surface area contributed by atoms with Gasteiger partial charge in [-0.1, -0.05) is 0 Å². The van der Waals surface area contributed by atoms with E-state index in [0.717, 1.165) is 24.7 Å². The molecule has 0 atom stereocenters. The lowest BCUT2D eigenvalue weighted by Gasteiger charge is -2.12. The Morgan fingerprint density at radius 3 is 2.53 bits per heavy atom. The zero-order chi connectivity index (χ0) is 11.3. The van der Waals surface area contributed by atoms with Crippen molar-refractivity contribution in [1.29, 1.82) is 0 Å². The van der Waals surface area contributed by atoms with Gasteiger partial charge >= 0.3 is 0 Å². The minimum Gasteiger partial charge on any atom is -0.381 e. The average Bonchev–Trinajstić information content (AvgIpc) is 2.61. The molecule has 0 saturated carbocycles. The van der Waals surface area contributed by atoms with Gasteiger partial charge in [-0.05, 0) is 20.8 Å². The second-order valence-corrected chi connectivity index (χ2v) is 3.84. The van der Waals surface area contributed by atoms with E-state index in [-0.39, 0.29) is 0 Å². The Kier molecular flexibility index (Phi) is 5.05. The van der Waals surface area contributed by atoms with E-state index in [2.05, 4.69) is 28.6 Å². The van der Waals surface area contributed by atoms with E-state index in [0.29, 0.717) is 18.5 Å². The van der Waals surface area contributed by atoms with E-state index in [1.807, 2.05) is 6.92 Å². The number of halogens is 1. The molecule has 1 rings (SSSR count). The molecular formula is C10H18ClN3O. The summed E-state index contributed by atoms with van der Waals surface area (Å²) in [4.78, 5) is 0. The lowest BCUT2D eigenvalue weighted by atomic mass is 10.3. The molecule has 86 valence electrons. The van der Waals surface area contributed by atoms with E-state index in [1.165, 1.54) is 0 Å². The largest absolute Gasteiger partial charge is 0.381 e. The highest BCUT2D eigenvalue weighted by Gasteiger charge is 2.13. The summed E-state index contributed by atoms with van der Waals surface area (Å²) in [5, 5.41) is 8.19. The van der Waals surface area contributed by atoms with E-state index in [4.69, 9.17) is 16.3 Å². The molecule has 1 aromatic rings. The highest BCUT2D eigenvalue weighted by Crippen LogP contribution is 2.13. The summed E-state index contributed by atoms with van der Waals surface area (Å²) in [6.45, 7) is 7.60. The van der Waals surface area contributed by atoms with Gasteiger partial charge in [0.05, 0.1) is 12.5 Å². The van der Waals surface area contributed by atoms with Crippen molar-refractivity contribution >= 4 is 11.6 Å². The molecule has 4 nitrogen and oxygen atoms in total. The number of rotatable bonds is 6. The molecule has 0 unspecified atom stereocenters. The molecule has 1 heterocycles. The third kappa shape index (κ3) is 3.18. The topological polar surface area (TPSA) is 39.9 Å². The average molecular weight is 232 g/mol. The number of ether oxygens (including phenoxy) is 1. The monoisotopic (exact) mass is 231 g/mol. The molecule has 0 N–H and O–H groups in total. The van der Waals surface area contributed by atoms with Gasteiger partial charge in [-0.3, -0.25) is 0 Å². The van der Waals surface area contributed by atoms with E-state index >= 15 is 0 Å². The summed E-state index contributed by atoms with van der Waals surface area (Å²) < 4.78 is 7.38. The van der Waals surface area contributed by atoms with Crippen molar-refractivity contribution in [2.24, 2.45) is 0 Å². The van der Waals surface area contributed by atoms with Gasteiger partial charge in [0, 0.05) is 19.1 Å². The van der Waals surface area contributed by atoms with Crippen LogP contribution in [-0.2, 0) is 17.0 Å². The molecule has 0 amide bonds. The molecule has 5 heteroatoms. The predicted molar refractivity (Wildman–Crippen MR) is 60.2 cm³/mol. The van der Waals surface area contributed by atoms with Crippen LogP contribution in [0.2, 0.25) is 0 Å². The minimum atomic E-state index is 0.338. The number of hydrogen-bond donors (Lipinski definition) is 0. The first kappa shape index (κ1) is 12.5. The predicted octanol–water partition coefficient (Wildman–Crippen LogP) is 2.18. The molecule has 0 aromatic carbocycles. The van der Waals surface area contributed by atoms with Crippen molar-refractivity contribution in [2.75, 3.05) is 13.2 Å². The summed E-state index contributed by atoms with van der Waals surface area (Å²) in [6, 6.07) is 0.338. The van der Waals surface area contributed by atoms with Crippen molar-refractivity contribution < 1.29 is 4.74 Å². The Bertz CT molecular complexity index is 299. The van der Waals surface area contributed by atoms with E-state index in [9.17, 15) is 0 Å². The van der Waals surface area contributed by atoms with Crippen molar-refractivity contribution in [3.63, 3.8) is 0 Å². The maximum absolute atomic E-state index is 5.80. The Hall–Kier alpha value is -0.610. The first-order valence-electron chi connectivity index (χ1n) is 5.27. The van der Waals surface area contributed by atoms with Gasteiger partial charge in [-0.2, -0.15) is 0 Å². The molecule has 15 heavy (non-hydrogen) atoms.